The topological polar surface area (TPSA) is 139 Å². The van der Waals surface area contributed by atoms with Gasteiger partial charge in [0, 0.05) is 36.2 Å². The number of hydrogen-bond acceptors (Lipinski definition) is 9. The van der Waals surface area contributed by atoms with E-state index in [1.54, 1.807) is 30.3 Å². The normalized spacial score (nSPS) is 29.2. The first-order valence-corrected chi connectivity index (χ1v) is 16.4. The van der Waals surface area contributed by atoms with Gasteiger partial charge in [-0.2, -0.15) is 0 Å². The highest BCUT2D eigenvalue weighted by Crippen LogP contribution is 2.67. The van der Waals surface area contributed by atoms with Crippen molar-refractivity contribution in [1.82, 2.24) is 9.88 Å². The number of aromatic hydroxyl groups is 1. The lowest BCUT2D eigenvalue weighted by Crippen LogP contribution is -2.60. The van der Waals surface area contributed by atoms with Gasteiger partial charge in [0.1, 0.15) is 22.8 Å². The fourth-order valence-corrected chi connectivity index (χ4v) is 9.23. The Bertz CT molecular complexity index is 2110. The molecule has 13 heteroatoms. The fourth-order valence-electron chi connectivity index (χ4n) is 8.23. The summed E-state index contributed by atoms with van der Waals surface area (Å²) < 4.78 is 16.9. The zero-order valence-corrected chi connectivity index (χ0v) is 28.0. The number of carbonyl (C=O) groups is 4. The minimum atomic E-state index is -2.08. The van der Waals surface area contributed by atoms with Crippen molar-refractivity contribution < 1.29 is 38.2 Å². The van der Waals surface area contributed by atoms with Gasteiger partial charge < -0.3 is 19.0 Å². The molecule has 0 bridgehead atoms. The number of alkyl halides is 2. The molecule has 8 rings (SSSR count). The highest BCUT2D eigenvalue weighted by Gasteiger charge is 2.76. The number of anilines is 1. The maximum Gasteiger partial charge on any atom is 0.253 e. The van der Waals surface area contributed by atoms with Gasteiger partial charge in [0.2, 0.25) is 17.7 Å². The van der Waals surface area contributed by atoms with Gasteiger partial charge in [0.15, 0.2) is 15.3 Å². The summed E-state index contributed by atoms with van der Waals surface area (Å²) in [7, 11) is 4.11. The van der Waals surface area contributed by atoms with E-state index in [1.165, 1.54) is 38.3 Å². The van der Waals surface area contributed by atoms with Crippen molar-refractivity contribution in [1.29, 1.82) is 0 Å². The van der Waals surface area contributed by atoms with Gasteiger partial charge in [0.25, 0.3) is 11.8 Å². The zero-order chi connectivity index (χ0) is 34.6. The average molecular weight is 703 g/mol. The van der Waals surface area contributed by atoms with Gasteiger partial charge in [-0.25, -0.2) is 4.98 Å². The van der Waals surface area contributed by atoms with Crippen molar-refractivity contribution in [2.45, 2.75) is 28.5 Å². The van der Waals surface area contributed by atoms with Crippen molar-refractivity contribution in [2.24, 2.45) is 17.8 Å². The smallest absolute Gasteiger partial charge is 0.253 e. The summed E-state index contributed by atoms with van der Waals surface area (Å²) in [6.45, 7) is 0. The van der Waals surface area contributed by atoms with E-state index < -0.39 is 57.0 Å². The lowest BCUT2D eigenvalue weighted by Gasteiger charge is -2.51. The molecule has 250 valence electrons. The molecule has 2 saturated heterocycles. The molecule has 0 spiro atoms. The van der Waals surface area contributed by atoms with E-state index in [9.17, 15) is 24.3 Å². The number of rotatable bonds is 5. The summed E-state index contributed by atoms with van der Waals surface area (Å²) in [5, 5.41) is 11.4. The molecule has 0 unspecified atom stereocenters. The standard InChI is InChI=1S/C36H29Cl2N3O8/c1-40-33(45)35(37)16-22-20(29(36(35,38)34(40)46)28-24(42)14-19(47-2)15-26(28)48-3)12-13-21-27(22)32(44)41(31(21)43)18-10-8-17(9-11-18)30-39-23-6-4-5-7-25(23)49-30/h4-12,14-15,21-22,27,29,42H,13,16H2,1-3H3/t21-,22+,27-,29+,35+,36-/m0/s1. The number of halogens is 2. The number of hydrogen-bond donors (Lipinski definition) is 1. The summed E-state index contributed by atoms with van der Waals surface area (Å²) >= 11 is 14.5. The quantitative estimate of drug-likeness (QED) is 0.164. The van der Waals surface area contributed by atoms with Crippen LogP contribution in [0.4, 0.5) is 5.69 Å². The molecule has 1 N–H and O–H groups in total. The number of para-hydroxylation sites is 2. The van der Waals surface area contributed by atoms with Gasteiger partial charge in [-0.15, -0.1) is 23.2 Å². The van der Waals surface area contributed by atoms with Crippen LogP contribution in [0.2, 0.25) is 0 Å². The van der Waals surface area contributed by atoms with Crippen LogP contribution in [0.5, 0.6) is 17.2 Å². The number of aromatic nitrogens is 1. The van der Waals surface area contributed by atoms with Gasteiger partial charge in [-0.05, 0) is 55.2 Å². The second-order valence-corrected chi connectivity index (χ2v) is 14.0. The van der Waals surface area contributed by atoms with Crippen LogP contribution in [0.15, 0.2) is 76.7 Å². The molecule has 0 radical (unpaired) electrons. The molecule has 3 heterocycles. The molecule has 49 heavy (non-hydrogen) atoms. The summed E-state index contributed by atoms with van der Waals surface area (Å²) in [5.41, 5.74) is 3.02. The van der Waals surface area contributed by atoms with Gasteiger partial charge in [0.05, 0.1) is 31.7 Å². The largest absolute Gasteiger partial charge is 0.507 e. The Labute approximate surface area is 290 Å². The second-order valence-electron chi connectivity index (χ2n) is 12.8. The van der Waals surface area contributed by atoms with E-state index >= 15 is 0 Å². The minimum absolute atomic E-state index is 0.123. The molecule has 4 amide bonds. The third-order valence-electron chi connectivity index (χ3n) is 10.5. The maximum absolute atomic E-state index is 14.4. The minimum Gasteiger partial charge on any atom is -0.507 e. The summed E-state index contributed by atoms with van der Waals surface area (Å²) in [6, 6.07) is 17.1. The number of phenolic OH excluding ortho intramolecular Hbond substituents is 1. The lowest BCUT2D eigenvalue weighted by molar-refractivity contribution is -0.138. The summed E-state index contributed by atoms with van der Waals surface area (Å²) in [5.74, 6) is -5.42. The predicted octanol–water partition coefficient (Wildman–Crippen LogP) is 5.41. The van der Waals surface area contributed by atoms with Crippen LogP contribution in [-0.2, 0) is 19.2 Å². The molecule has 2 aliphatic carbocycles. The van der Waals surface area contributed by atoms with Gasteiger partial charge in [-0.1, -0.05) is 23.8 Å². The zero-order valence-electron chi connectivity index (χ0n) is 26.5. The molecular weight excluding hydrogens is 673 g/mol. The third kappa shape index (κ3) is 4.12. The van der Waals surface area contributed by atoms with Gasteiger partial charge >= 0.3 is 0 Å². The Morgan fingerprint density at radius 1 is 0.939 bits per heavy atom. The number of fused-ring (bicyclic) bond motifs is 5. The monoisotopic (exact) mass is 701 g/mol. The molecule has 1 saturated carbocycles. The number of allylic oxidation sites excluding steroid dienone is 2. The highest BCUT2D eigenvalue weighted by atomic mass is 35.5. The van der Waals surface area contributed by atoms with Crippen LogP contribution < -0.4 is 14.4 Å². The average Bonchev–Trinajstić information content (AvgIpc) is 3.69. The number of likely N-dealkylation sites (tertiary alicyclic amines) is 1. The first-order chi connectivity index (χ1) is 23.4. The number of amides is 4. The Kier molecular flexibility index (Phi) is 6.93. The first-order valence-electron chi connectivity index (χ1n) is 15.6. The van der Waals surface area contributed by atoms with E-state index in [0.717, 1.165) is 4.90 Å². The van der Waals surface area contributed by atoms with Crippen molar-refractivity contribution in [3.63, 3.8) is 0 Å². The molecule has 1 aromatic heterocycles. The number of nitrogens with zero attached hydrogens (tertiary/aromatic N) is 3. The van der Waals surface area contributed by atoms with Crippen molar-refractivity contribution >= 4 is 63.6 Å². The Morgan fingerprint density at radius 2 is 1.67 bits per heavy atom. The van der Waals surface area contributed by atoms with E-state index in [-0.39, 0.29) is 35.7 Å². The molecule has 3 aromatic carbocycles. The Hall–Kier alpha value is -4.87. The molecule has 3 fully saturated rings. The number of ether oxygens (including phenoxy) is 2. The second kappa shape index (κ2) is 10.8. The van der Waals surface area contributed by atoms with E-state index in [0.29, 0.717) is 33.8 Å². The van der Waals surface area contributed by atoms with Crippen LogP contribution in [0.3, 0.4) is 0 Å². The molecular formula is C36H29Cl2N3O8. The van der Waals surface area contributed by atoms with E-state index in [1.807, 2.05) is 24.3 Å². The van der Waals surface area contributed by atoms with Crippen LogP contribution in [0, 0.1) is 17.8 Å². The van der Waals surface area contributed by atoms with Gasteiger partial charge in [-0.3, -0.25) is 29.0 Å². The van der Waals surface area contributed by atoms with Crippen molar-refractivity contribution in [3.8, 4) is 28.7 Å². The van der Waals surface area contributed by atoms with E-state index in [4.69, 9.17) is 37.1 Å². The van der Waals surface area contributed by atoms with Crippen LogP contribution >= 0.6 is 23.2 Å². The van der Waals surface area contributed by atoms with Crippen LogP contribution in [-0.4, -0.2) is 69.6 Å². The third-order valence-corrected chi connectivity index (χ3v) is 11.9. The molecule has 6 atom stereocenters. The highest BCUT2D eigenvalue weighted by molar-refractivity contribution is 6.53. The fraction of sp³-hybridized carbons (Fsp3) is 0.306. The molecule has 4 aliphatic rings. The maximum atomic E-state index is 14.4. The Balaban J connectivity index is 1.21. The van der Waals surface area contributed by atoms with Crippen molar-refractivity contribution in [3.05, 3.63) is 77.9 Å². The first kappa shape index (κ1) is 31.4. The number of carbonyl (C=O) groups excluding carboxylic acids is 4. The SMILES string of the molecule is COc1cc(O)c([C@H]2C3=CC[C@@H]4C(=O)N(c5ccc(-c6nc7ccccc7o6)cc5)C(=O)[C@@H]4[C@@H]3C[C@@]3(Cl)C(=O)N(C)C(=O)[C@@]23Cl)c(OC)c1. The number of benzene rings is 3. The predicted molar refractivity (Wildman–Crippen MR) is 179 cm³/mol. The number of phenols is 1. The Morgan fingerprint density at radius 3 is 2.37 bits per heavy atom. The summed E-state index contributed by atoms with van der Waals surface area (Å²) in [6.07, 6.45) is 1.77. The number of oxazole rings is 1. The number of imide groups is 2. The molecule has 2 aliphatic heterocycles. The lowest BCUT2D eigenvalue weighted by atomic mass is 9.56. The van der Waals surface area contributed by atoms with Crippen LogP contribution in [0.1, 0.15) is 24.3 Å². The number of methoxy groups -OCH3 is 2. The summed E-state index contributed by atoms with van der Waals surface area (Å²) in [4.78, 5) is 58.6. The van der Waals surface area contributed by atoms with E-state index in [2.05, 4.69) is 4.98 Å². The van der Waals surface area contributed by atoms with Crippen LogP contribution in [0.25, 0.3) is 22.6 Å². The van der Waals surface area contributed by atoms with Crippen molar-refractivity contribution in [2.75, 3.05) is 26.2 Å². The molecule has 11 nitrogen and oxygen atoms in total. The molecule has 4 aromatic rings.